The molecular weight excluding hydrogens is 242 g/mol. The minimum atomic E-state index is -0.382. The van der Waals surface area contributed by atoms with Crippen LogP contribution in [0.4, 0.5) is 0 Å². The van der Waals surface area contributed by atoms with Gasteiger partial charge in [-0.1, -0.05) is 13.0 Å². The predicted octanol–water partition coefficient (Wildman–Crippen LogP) is 1.05. The van der Waals surface area contributed by atoms with Gasteiger partial charge in [0.2, 0.25) is 0 Å². The predicted molar refractivity (Wildman–Crippen MR) is 72.9 cm³/mol. The second kappa shape index (κ2) is 6.63. The molecule has 0 bridgehead atoms. The maximum atomic E-state index is 11.5. The number of nitrogens with zero attached hydrogens (tertiary/aromatic N) is 2. The van der Waals surface area contributed by atoms with Gasteiger partial charge >= 0.3 is 5.97 Å². The largest absolute Gasteiger partial charge is 0.464 e. The van der Waals surface area contributed by atoms with Crippen molar-refractivity contribution in [3.8, 4) is 0 Å². The van der Waals surface area contributed by atoms with Crippen molar-refractivity contribution in [3.05, 3.63) is 29.6 Å². The van der Waals surface area contributed by atoms with Gasteiger partial charge in [-0.3, -0.25) is 4.90 Å². The summed E-state index contributed by atoms with van der Waals surface area (Å²) in [5.41, 5.74) is 1.29. The van der Waals surface area contributed by atoms with Crippen molar-refractivity contribution in [2.24, 2.45) is 0 Å². The van der Waals surface area contributed by atoms with Crippen molar-refractivity contribution in [2.75, 3.05) is 26.7 Å². The Morgan fingerprint density at radius 1 is 1.58 bits per heavy atom. The molecule has 0 aliphatic carbocycles. The third kappa shape index (κ3) is 3.52. The highest BCUT2D eigenvalue weighted by Gasteiger charge is 2.21. The van der Waals surface area contributed by atoms with Crippen molar-refractivity contribution in [2.45, 2.75) is 25.9 Å². The molecule has 5 nitrogen and oxygen atoms in total. The summed E-state index contributed by atoms with van der Waals surface area (Å²) in [7, 11) is 1.37. The zero-order valence-electron chi connectivity index (χ0n) is 11.6. The Morgan fingerprint density at radius 2 is 2.42 bits per heavy atom. The molecule has 1 aliphatic heterocycles. The number of hydrogen-bond acceptors (Lipinski definition) is 5. The Hall–Kier alpha value is -1.46. The van der Waals surface area contributed by atoms with E-state index >= 15 is 0 Å². The lowest BCUT2D eigenvalue weighted by atomic mass is 10.2. The molecule has 1 aromatic rings. The Kier molecular flexibility index (Phi) is 4.87. The third-order valence-electron chi connectivity index (χ3n) is 3.52. The Bertz CT molecular complexity index is 430. The molecule has 0 spiro atoms. The molecule has 1 N–H and O–H groups in total. The molecule has 1 unspecified atom stereocenters. The van der Waals surface area contributed by atoms with E-state index in [0.29, 0.717) is 11.7 Å². The van der Waals surface area contributed by atoms with E-state index in [0.717, 1.165) is 31.9 Å². The number of carbonyl (C=O) groups excluding carboxylic acids is 1. The maximum absolute atomic E-state index is 11.5. The minimum Gasteiger partial charge on any atom is -0.464 e. The number of nitrogens with one attached hydrogen (secondary N) is 1. The van der Waals surface area contributed by atoms with Crippen molar-refractivity contribution in [1.29, 1.82) is 0 Å². The van der Waals surface area contributed by atoms with Gasteiger partial charge in [0.25, 0.3) is 0 Å². The zero-order valence-corrected chi connectivity index (χ0v) is 11.6. The molecule has 5 heteroatoms. The summed E-state index contributed by atoms with van der Waals surface area (Å²) in [6, 6.07) is 6.06. The van der Waals surface area contributed by atoms with E-state index in [1.165, 1.54) is 13.5 Å². The summed E-state index contributed by atoms with van der Waals surface area (Å²) in [5.74, 6) is -0.382. The van der Waals surface area contributed by atoms with E-state index in [4.69, 9.17) is 4.74 Å². The van der Waals surface area contributed by atoms with Gasteiger partial charge in [0.1, 0.15) is 5.69 Å². The van der Waals surface area contributed by atoms with Crippen LogP contribution in [-0.2, 0) is 11.3 Å². The number of esters is 1. The van der Waals surface area contributed by atoms with Gasteiger partial charge in [-0.15, -0.1) is 0 Å². The van der Waals surface area contributed by atoms with E-state index in [1.807, 2.05) is 12.1 Å². The van der Waals surface area contributed by atoms with Crippen LogP contribution in [0.5, 0.6) is 0 Å². The van der Waals surface area contributed by atoms with E-state index in [1.54, 1.807) is 6.07 Å². The van der Waals surface area contributed by atoms with E-state index in [2.05, 4.69) is 22.1 Å². The van der Waals surface area contributed by atoms with Crippen molar-refractivity contribution < 1.29 is 9.53 Å². The van der Waals surface area contributed by atoms with Crippen LogP contribution >= 0.6 is 0 Å². The lowest BCUT2D eigenvalue weighted by Crippen LogP contribution is -2.36. The van der Waals surface area contributed by atoms with Crippen LogP contribution in [0.15, 0.2) is 18.2 Å². The van der Waals surface area contributed by atoms with Crippen LogP contribution in [0.3, 0.4) is 0 Å². The first kappa shape index (κ1) is 14.0. The molecule has 2 heterocycles. The second-order valence-electron chi connectivity index (χ2n) is 4.72. The Morgan fingerprint density at radius 3 is 3.05 bits per heavy atom. The van der Waals surface area contributed by atoms with Gasteiger partial charge in [-0.2, -0.15) is 0 Å². The fraction of sp³-hybridized carbons (Fsp3) is 0.571. The number of likely N-dealkylation sites (N-methyl/N-ethyl adjacent to an activating group) is 1. The summed E-state index contributed by atoms with van der Waals surface area (Å²) >= 11 is 0. The standard InChI is InChI=1S/C14H21N3O2/c1-3-17(12-7-8-15-9-12)10-11-5-4-6-13(16-11)14(18)19-2/h4-6,12,15H,3,7-10H2,1-2H3. The fourth-order valence-electron chi connectivity index (χ4n) is 2.44. The monoisotopic (exact) mass is 263 g/mol. The lowest BCUT2D eigenvalue weighted by Gasteiger charge is -2.26. The fourth-order valence-corrected chi connectivity index (χ4v) is 2.44. The van der Waals surface area contributed by atoms with Crippen molar-refractivity contribution in [1.82, 2.24) is 15.2 Å². The van der Waals surface area contributed by atoms with Crippen LogP contribution in [0.25, 0.3) is 0 Å². The molecule has 1 saturated heterocycles. The number of aromatic nitrogens is 1. The third-order valence-corrected chi connectivity index (χ3v) is 3.52. The van der Waals surface area contributed by atoms with Crippen LogP contribution in [0.2, 0.25) is 0 Å². The van der Waals surface area contributed by atoms with Gasteiger partial charge in [-0.25, -0.2) is 9.78 Å². The van der Waals surface area contributed by atoms with Crippen LogP contribution < -0.4 is 5.32 Å². The van der Waals surface area contributed by atoms with Crippen molar-refractivity contribution in [3.63, 3.8) is 0 Å². The molecule has 0 aromatic carbocycles. The summed E-state index contributed by atoms with van der Waals surface area (Å²) in [4.78, 5) is 18.2. The molecule has 0 amide bonds. The minimum absolute atomic E-state index is 0.376. The first-order chi connectivity index (χ1) is 9.24. The van der Waals surface area contributed by atoms with E-state index < -0.39 is 0 Å². The summed E-state index contributed by atoms with van der Waals surface area (Å²) in [5, 5.41) is 3.38. The zero-order chi connectivity index (χ0) is 13.7. The number of ether oxygens (including phenoxy) is 1. The topological polar surface area (TPSA) is 54.5 Å². The van der Waals surface area contributed by atoms with Crippen LogP contribution in [0, 0.1) is 0 Å². The molecule has 0 radical (unpaired) electrons. The summed E-state index contributed by atoms with van der Waals surface area (Å²) < 4.78 is 4.70. The molecule has 1 aromatic heterocycles. The van der Waals surface area contributed by atoms with Gasteiger partial charge in [0, 0.05) is 19.1 Å². The normalized spacial score (nSPS) is 18.8. The number of carbonyl (C=O) groups is 1. The molecule has 0 saturated carbocycles. The first-order valence-corrected chi connectivity index (χ1v) is 6.73. The highest BCUT2D eigenvalue weighted by Crippen LogP contribution is 2.12. The molecular formula is C14H21N3O2. The van der Waals surface area contributed by atoms with E-state index in [-0.39, 0.29) is 5.97 Å². The smallest absolute Gasteiger partial charge is 0.356 e. The Labute approximate surface area is 114 Å². The first-order valence-electron chi connectivity index (χ1n) is 6.73. The highest BCUT2D eigenvalue weighted by atomic mass is 16.5. The SMILES string of the molecule is CCN(Cc1cccc(C(=O)OC)n1)C1CCNC1. The second-order valence-corrected chi connectivity index (χ2v) is 4.72. The summed E-state index contributed by atoms with van der Waals surface area (Å²) in [6.07, 6.45) is 1.17. The van der Waals surface area contributed by atoms with Gasteiger partial charge in [0.15, 0.2) is 0 Å². The molecule has 1 fully saturated rings. The molecule has 1 aliphatic rings. The lowest BCUT2D eigenvalue weighted by molar-refractivity contribution is 0.0593. The number of hydrogen-bond donors (Lipinski definition) is 1. The number of rotatable bonds is 5. The van der Waals surface area contributed by atoms with E-state index in [9.17, 15) is 4.79 Å². The number of pyridine rings is 1. The average Bonchev–Trinajstić information content (AvgIpc) is 2.98. The molecule has 104 valence electrons. The quantitative estimate of drug-likeness (QED) is 0.805. The van der Waals surface area contributed by atoms with Crippen LogP contribution in [0.1, 0.15) is 29.5 Å². The Balaban J connectivity index is 2.06. The van der Waals surface area contributed by atoms with Crippen molar-refractivity contribution >= 4 is 5.97 Å². The van der Waals surface area contributed by atoms with Gasteiger partial charge < -0.3 is 10.1 Å². The average molecular weight is 263 g/mol. The van der Waals surface area contributed by atoms with Crippen LogP contribution in [-0.4, -0.2) is 48.6 Å². The highest BCUT2D eigenvalue weighted by molar-refractivity contribution is 5.87. The molecule has 19 heavy (non-hydrogen) atoms. The maximum Gasteiger partial charge on any atom is 0.356 e. The molecule has 2 rings (SSSR count). The van der Waals surface area contributed by atoms with Gasteiger partial charge in [-0.05, 0) is 31.6 Å². The summed E-state index contributed by atoms with van der Waals surface area (Å²) in [6.45, 7) is 6.02. The molecule has 1 atom stereocenters. The van der Waals surface area contributed by atoms with Gasteiger partial charge in [0.05, 0.1) is 12.8 Å². The number of methoxy groups -OCH3 is 1.